The second kappa shape index (κ2) is 9.26. The minimum absolute atomic E-state index is 0.104. The Morgan fingerprint density at radius 3 is 2.64 bits per heavy atom. The average molecular weight is 347 g/mol. The molecule has 2 amide bonds. The monoisotopic (exact) mass is 347 g/mol. The summed E-state index contributed by atoms with van der Waals surface area (Å²) >= 11 is 0. The lowest BCUT2D eigenvalue weighted by Crippen LogP contribution is -2.22. The van der Waals surface area contributed by atoms with Crippen molar-refractivity contribution in [3.05, 3.63) is 42.1 Å². The van der Waals surface area contributed by atoms with Crippen LogP contribution in [0.5, 0.6) is 0 Å². The Morgan fingerprint density at radius 2 is 1.96 bits per heavy atom. The second-order valence-electron chi connectivity index (χ2n) is 5.47. The van der Waals surface area contributed by atoms with Gasteiger partial charge in [-0.1, -0.05) is 18.2 Å². The third-order valence-corrected chi connectivity index (χ3v) is 3.42. The summed E-state index contributed by atoms with van der Waals surface area (Å²) in [6.45, 7) is 0.379. The Balaban J connectivity index is 1.99. The summed E-state index contributed by atoms with van der Waals surface area (Å²) in [4.78, 5) is 21.4. The molecule has 0 spiro atoms. The number of carbonyl (C=O) groups is 2. The smallest absolute Gasteiger partial charge is 0.404 e. The Labute approximate surface area is 144 Å². The average Bonchev–Trinajstić information content (AvgIpc) is 3.01. The van der Waals surface area contributed by atoms with E-state index in [1.807, 2.05) is 30.3 Å². The fourth-order valence-electron chi connectivity index (χ4n) is 2.29. The largest absolute Gasteiger partial charge is 0.465 e. The van der Waals surface area contributed by atoms with Gasteiger partial charge in [-0.15, -0.1) is 10.2 Å². The standard InChI is InChI=1S/C16H21N5O4/c17-13(22)10-14-20-21-15(25-14)12(8-4-5-9-18-16(23)24)19-11-6-2-1-3-7-11/h1-3,6-7,12,18-19H,4-5,8-10H2,(H2,17,22)(H,23,24). The van der Waals surface area contributed by atoms with E-state index in [1.165, 1.54) is 0 Å². The van der Waals surface area contributed by atoms with Crippen molar-refractivity contribution in [1.29, 1.82) is 0 Å². The number of nitrogens with two attached hydrogens (primary N) is 1. The molecule has 25 heavy (non-hydrogen) atoms. The van der Waals surface area contributed by atoms with Crippen LogP contribution in [-0.4, -0.2) is 33.8 Å². The summed E-state index contributed by atoms with van der Waals surface area (Å²) in [5, 5.41) is 22.1. The molecule has 0 aliphatic heterocycles. The van der Waals surface area contributed by atoms with Gasteiger partial charge in [0.2, 0.25) is 17.7 Å². The van der Waals surface area contributed by atoms with Gasteiger partial charge in [-0.3, -0.25) is 4.79 Å². The highest BCUT2D eigenvalue weighted by atomic mass is 16.4. The van der Waals surface area contributed by atoms with Crippen LogP contribution in [0.15, 0.2) is 34.7 Å². The van der Waals surface area contributed by atoms with Crippen LogP contribution in [0.3, 0.4) is 0 Å². The number of unbranched alkanes of at least 4 members (excludes halogenated alkanes) is 1. The number of aromatic nitrogens is 2. The summed E-state index contributed by atoms with van der Waals surface area (Å²) in [6.07, 6.45) is 0.953. The lowest BCUT2D eigenvalue weighted by molar-refractivity contribution is -0.117. The Bertz CT molecular complexity index is 689. The summed E-state index contributed by atoms with van der Waals surface area (Å²) in [6, 6.07) is 9.31. The molecule has 1 unspecified atom stereocenters. The molecule has 0 aliphatic rings. The van der Waals surface area contributed by atoms with Gasteiger partial charge < -0.3 is 25.9 Å². The molecule has 0 saturated heterocycles. The highest BCUT2D eigenvalue weighted by molar-refractivity contribution is 5.75. The molecule has 9 nitrogen and oxygen atoms in total. The van der Waals surface area contributed by atoms with Crippen molar-refractivity contribution >= 4 is 17.7 Å². The maximum atomic E-state index is 11.0. The van der Waals surface area contributed by atoms with Crippen LogP contribution in [0.2, 0.25) is 0 Å². The number of nitrogens with one attached hydrogen (secondary N) is 2. The van der Waals surface area contributed by atoms with Gasteiger partial charge in [-0.2, -0.15) is 0 Å². The minimum atomic E-state index is -1.04. The molecule has 2 aromatic rings. The first-order valence-corrected chi connectivity index (χ1v) is 7.93. The number of para-hydroxylation sites is 1. The van der Waals surface area contributed by atoms with Crippen molar-refractivity contribution in [2.24, 2.45) is 5.73 Å². The fourth-order valence-corrected chi connectivity index (χ4v) is 2.29. The van der Waals surface area contributed by atoms with Gasteiger partial charge in [-0.25, -0.2) is 4.79 Å². The zero-order valence-electron chi connectivity index (χ0n) is 13.6. The summed E-state index contributed by atoms with van der Waals surface area (Å²) in [7, 11) is 0. The number of hydrogen-bond acceptors (Lipinski definition) is 6. The topological polar surface area (TPSA) is 143 Å². The number of benzene rings is 1. The van der Waals surface area contributed by atoms with Crippen molar-refractivity contribution in [2.75, 3.05) is 11.9 Å². The van der Waals surface area contributed by atoms with Crippen molar-refractivity contribution < 1.29 is 19.1 Å². The molecule has 1 aromatic heterocycles. The van der Waals surface area contributed by atoms with Crippen molar-refractivity contribution in [1.82, 2.24) is 15.5 Å². The Hall–Kier alpha value is -3.10. The molecule has 5 N–H and O–H groups in total. The molecule has 0 bridgehead atoms. The first-order valence-electron chi connectivity index (χ1n) is 7.93. The molecule has 0 radical (unpaired) electrons. The lowest BCUT2D eigenvalue weighted by Gasteiger charge is -2.16. The van der Waals surface area contributed by atoms with E-state index in [4.69, 9.17) is 15.3 Å². The molecule has 0 aliphatic carbocycles. The predicted molar refractivity (Wildman–Crippen MR) is 89.9 cm³/mol. The number of hydrogen-bond donors (Lipinski definition) is 4. The van der Waals surface area contributed by atoms with Crippen LogP contribution in [0, 0.1) is 0 Å². The fraction of sp³-hybridized carbons (Fsp3) is 0.375. The van der Waals surface area contributed by atoms with Crippen LogP contribution < -0.4 is 16.4 Å². The van der Waals surface area contributed by atoms with E-state index in [-0.39, 0.29) is 18.4 Å². The SMILES string of the molecule is NC(=O)Cc1nnc(C(CCCCNC(=O)O)Nc2ccccc2)o1. The molecule has 1 heterocycles. The van der Waals surface area contributed by atoms with Gasteiger partial charge in [0, 0.05) is 12.2 Å². The summed E-state index contributed by atoms with van der Waals surface area (Å²) in [5.74, 6) is 0.00344. The number of nitrogens with zero attached hydrogens (tertiary/aromatic N) is 2. The predicted octanol–water partition coefficient (Wildman–Crippen LogP) is 1.69. The zero-order chi connectivity index (χ0) is 18.1. The number of carbonyl (C=O) groups excluding carboxylic acids is 1. The van der Waals surface area contributed by atoms with Crippen molar-refractivity contribution in [3.8, 4) is 0 Å². The van der Waals surface area contributed by atoms with Gasteiger partial charge in [0.25, 0.3) is 0 Å². The highest BCUT2D eigenvalue weighted by Crippen LogP contribution is 2.23. The van der Waals surface area contributed by atoms with E-state index >= 15 is 0 Å². The molecule has 1 aromatic carbocycles. The Kier molecular flexibility index (Phi) is 6.76. The molecule has 0 fully saturated rings. The van der Waals surface area contributed by atoms with Gasteiger partial charge in [0.15, 0.2) is 0 Å². The maximum absolute atomic E-state index is 11.0. The molecular weight excluding hydrogens is 326 g/mol. The molecular formula is C16H21N5O4. The van der Waals surface area contributed by atoms with Crippen LogP contribution in [0.4, 0.5) is 10.5 Å². The molecule has 1 atom stereocenters. The van der Waals surface area contributed by atoms with E-state index < -0.39 is 12.0 Å². The zero-order valence-corrected chi connectivity index (χ0v) is 13.6. The Morgan fingerprint density at radius 1 is 1.20 bits per heavy atom. The van der Waals surface area contributed by atoms with Crippen LogP contribution in [-0.2, 0) is 11.2 Å². The van der Waals surface area contributed by atoms with Gasteiger partial charge >= 0.3 is 6.09 Å². The van der Waals surface area contributed by atoms with Gasteiger partial charge in [0.05, 0.1) is 0 Å². The summed E-state index contributed by atoms with van der Waals surface area (Å²) < 4.78 is 5.53. The molecule has 2 rings (SSSR count). The normalized spacial score (nSPS) is 11.7. The third-order valence-electron chi connectivity index (χ3n) is 3.42. The van der Waals surface area contributed by atoms with Crippen LogP contribution in [0.25, 0.3) is 0 Å². The van der Waals surface area contributed by atoms with E-state index in [2.05, 4.69) is 20.8 Å². The highest BCUT2D eigenvalue weighted by Gasteiger charge is 2.19. The molecule has 134 valence electrons. The number of amides is 2. The third kappa shape index (κ3) is 6.50. The lowest BCUT2D eigenvalue weighted by atomic mass is 10.1. The van der Waals surface area contributed by atoms with Crippen LogP contribution in [0.1, 0.15) is 37.1 Å². The van der Waals surface area contributed by atoms with Crippen LogP contribution >= 0.6 is 0 Å². The first kappa shape index (κ1) is 18.2. The minimum Gasteiger partial charge on any atom is -0.465 e. The number of rotatable bonds is 10. The quantitative estimate of drug-likeness (QED) is 0.479. The second-order valence-corrected chi connectivity index (χ2v) is 5.47. The van der Waals surface area contributed by atoms with Gasteiger partial charge in [0.1, 0.15) is 12.5 Å². The van der Waals surface area contributed by atoms with E-state index in [9.17, 15) is 9.59 Å². The maximum Gasteiger partial charge on any atom is 0.404 e. The number of primary amides is 1. The van der Waals surface area contributed by atoms with E-state index in [0.29, 0.717) is 25.3 Å². The summed E-state index contributed by atoms with van der Waals surface area (Å²) in [5.41, 5.74) is 6.03. The van der Waals surface area contributed by atoms with Gasteiger partial charge in [-0.05, 0) is 31.4 Å². The van der Waals surface area contributed by atoms with E-state index in [0.717, 1.165) is 12.1 Å². The first-order chi connectivity index (χ1) is 12.0. The number of anilines is 1. The van der Waals surface area contributed by atoms with Crippen molar-refractivity contribution in [3.63, 3.8) is 0 Å². The number of carboxylic acid groups (broad SMARTS) is 1. The van der Waals surface area contributed by atoms with E-state index in [1.54, 1.807) is 0 Å². The molecule has 0 saturated carbocycles. The van der Waals surface area contributed by atoms with Crippen molar-refractivity contribution in [2.45, 2.75) is 31.7 Å². The molecule has 9 heteroatoms.